The van der Waals surface area contributed by atoms with E-state index in [4.69, 9.17) is 4.74 Å². The highest BCUT2D eigenvalue weighted by atomic mass is 19.1. The smallest absolute Gasteiger partial charge is 0.165 e. The molecule has 1 unspecified atom stereocenters. The molecular weight excluding hydrogens is 253 g/mol. The van der Waals surface area contributed by atoms with Crippen LogP contribution in [0.25, 0.3) is 0 Å². The van der Waals surface area contributed by atoms with Crippen molar-refractivity contribution >= 4 is 0 Å². The van der Waals surface area contributed by atoms with E-state index >= 15 is 0 Å². The molecule has 20 heavy (non-hydrogen) atoms. The van der Waals surface area contributed by atoms with Gasteiger partial charge in [0.15, 0.2) is 11.6 Å². The monoisotopic (exact) mass is 279 g/mol. The van der Waals surface area contributed by atoms with E-state index in [1.807, 2.05) is 12.1 Å². The van der Waals surface area contributed by atoms with Crippen molar-refractivity contribution in [3.63, 3.8) is 0 Å². The van der Waals surface area contributed by atoms with Crippen LogP contribution in [0.3, 0.4) is 0 Å². The van der Waals surface area contributed by atoms with Crippen LogP contribution in [0.4, 0.5) is 4.39 Å². The summed E-state index contributed by atoms with van der Waals surface area (Å²) >= 11 is 0. The minimum atomic E-state index is -0.283. The standard InChI is InChI=1S/C17H26FNO/c1-3-11-19-17(13-7-5-4-6-8-13)14-9-10-15(18)16(12-14)20-2/h9-10,12-13,17,19H,3-8,11H2,1-2H3. The lowest BCUT2D eigenvalue weighted by Crippen LogP contribution is -2.30. The summed E-state index contributed by atoms with van der Waals surface area (Å²) in [6, 6.07) is 5.61. The van der Waals surface area contributed by atoms with Gasteiger partial charge in [0.05, 0.1) is 7.11 Å². The fourth-order valence-electron chi connectivity index (χ4n) is 3.19. The summed E-state index contributed by atoms with van der Waals surface area (Å²) in [5.74, 6) is 0.723. The summed E-state index contributed by atoms with van der Waals surface area (Å²) in [5.41, 5.74) is 1.16. The predicted octanol–water partition coefficient (Wildman–Crippen LogP) is 4.46. The minimum Gasteiger partial charge on any atom is -0.494 e. The molecule has 0 spiro atoms. The molecule has 112 valence electrons. The van der Waals surface area contributed by atoms with Gasteiger partial charge in [-0.2, -0.15) is 0 Å². The van der Waals surface area contributed by atoms with Crippen LogP contribution in [0.15, 0.2) is 18.2 Å². The molecule has 1 fully saturated rings. The van der Waals surface area contributed by atoms with E-state index in [0.717, 1.165) is 18.5 Å². The second kappa shape index (κ2) is 7.63. The van der Waals surface area contributed by atoms with Gasteiger partial charge in [-0.15, -0.1) is 0 Å². The van der Waals surface area contributed by atoms with Crippen molar-refractivity contribution in [2.24, 2.45) is 5.92 Å². The fraction of sp³-hybridized carbons (Fsp3) is 0.647. The molecule has 1 aromatic carbocycles. The van der Waals surface area contributed by atoms with Crippen molar-refractivity contribution in [1.82, 2.24) is 5.32 Å². The Hall–Kier alpha value is -1.09. The largest absolute Gasteiger partial charge is 0.494 e. The van der Waals surface area contributed by atoms with Crippen LogP contribution in [0.2, 0.25) is 0 Å². The van der Waals surface area contributed by atoms with Crippen LogP contribution in [-0.2, 0) is 0 Å². The molecule has 1 aromatic rings. The lowest BCUT2D eigenvalue weighted by Gasteiger charge is -2.31. The Balaban J connectivity index is 2.20. The lowest BCUT2D eigenvalue weighted by atomic mass is 9.81. The predicted molar refractivity (Wildman–Crippen MR) is 80.6 cm³/mol. The van der Waals surface area contributed by atoms with Gasteiger partial charge in [-0.05, 0) is 49.4 Å². The van der Waals surface area contributed by atoms with Crippen molar-refractivity contribution < 1.29 is 9.13 Å². The normalized spacial score (nSPS) is 17.9. The Morgan fingerprint density at radius 1 is 1.30 bits per heavy atom. The molecule has 0 aromatic heterocycles. The van der Waals surface area contributed by atoms with Gasteiger partial charge in [0.25, 0.3) is 0 Å². The van der Waals surface area contributed by atoms with Gasteiger partial charge in [0.1, 0.15) is 0 Å². The lowest BCUT2D eigenvalue weighted by molar-refractivity contribution is 0.271. The van der Waals surface area contributed by atoms with Crippen LogP contribution >= 0.6 is 0 Å². The van der Waals surface area contributed by atoms with E-state index in [-0.39, 0.29) is 5.82 Å². The van der Waals surface area contributed by atoms with Gasteiger partial charge >= 0.3 is 0 Å². The SMILES string of the molecule is CCCNC(c1ccc(F)c(OC)c1)C1CCCCC1. The summed E-state index contributed by atoms with van der Waals surface area (Å²) in [6.45, 7) is 3.18. The Kier molecular flexibility index (Phi) is 5.84. The maximum absolute atomic E-state index is 13.6. The molecule has 1 aliphatic rings. The summed E-state index contributed by atoms with van der Waals surface area (Å²) in [4.78, 5) is 0. The molecule has 0 bridgehead atoms. The maximum atomic E-state index is 13.6. The van der Waals surface area contributed by atoms with Crippen molar-refractivity contribution in [2.45, 2.75) is 51.5 Å². The topological polar surface area (TPSA) is 21.3 Å². The summed E-state index contributed by atoms with van der Waals surface area (Å²) in [7, 11) is 1.53. The molecule has 0 heterocycles. The number of benzene rings is 1. The molecule has 1 N–H and O–H groups in total. The van der Waals surface area contributed by atoms with E-state index in [2.05, 4.69) is 12.2 Å². The van der Waals surface area contributed by atoms with E-state index in [1.54, 1.807) is 0 Å². The van der Waals surface area contributed by atoms with E-state index in [9.17, 15) is 4.39 Å². The molecule has 1 atom stereocenters. The summed E-state index contributed by atoms with van der Waals surface area (Å²) < 4.78 is 18.7. The zero-order chi connectivity index (χ0) is 14.4. The number of hydrogen-bond donors (Lipinski definition) is 1. The highest BCUT2D eigenvalue weighted by molar-refractivity contribution is 5.32. The first-order valence-electron chi connectivity index (χ1n) is 7.83. The summed E-state index contributed by atoms with van der Waals surface area (Å²) in [6.07, 6.45) is 7.62. The van der Waals surface area contributed by atoms with E-state index in [0.29, 0.717) is 17.7 Å². The van der Waals surface area contributed by atoms with Crippen LogP contribution in [0, 0.1) is 11.7 Å². The molecule has 0 amide bonds. The fourth-order valence-corrected chi connectivity index (χ4v) is 3.19. The molecule has 1 aliphatic carbocycles. The van der Waals surface area contributed by atoms with Crippen LogP contribution in [-0.4, -0.2) is 13.7 Å². The zero-order valence-corrected chi connectivity index (χ0v) is 12.6. The highest BCUT2D eigenvalue weighted by Gasteiger charge is 2.25. The zero-order valence-electron chi connectivity index (χ0n) is 12.6. The third kappa shape index (κ3) is 3.72. The Bertz CT molecular complexity index is 415. The molecule has 0 radical (unpaired) electrons. The van der Waals surface area contributed by atoms with Crippen molar-refractivity contribution in [3.05, 3.63) is 29.6 Å². The third-order valence-electron chi connectivity index (χ3n) is 4.27. The highest BCUT2D eigenvalue weighted by Crippen LogP contribution is 2.35. The molecule has 2 nitrogen and oxygen atoms in total. The Morgan fingerprint density at radius 2 is 2.05 bits per heavy atom. The summed E-state index contributed by atoms with van der Waals surface area (Å²) in [5, 5.41) is 3.65. The Labute approximate surface area is 121 Å². The first-order valence-corrected chi connectivity index (χ1v) is 7.83. The van der Waals surface area contributed by atoms with Gasteiger partial charge in [-0.1, -0.05) is 32.3 Å². The van der Waals surface area contributed by atoms with Gasteiger partial charge in [0, 0.05) is 6.04 Å². The van der Waals surface area contributed by atoms with Gasteiger partial charge in [0.2, 0.25) is 0 Å². The molecule has 0 aliphatic heterocycles. The number of ether oxygens (including phenoxy) is 1. The van der Waals surface area contributed by atoms with Gasteiger partial charge < -0.3 is 10.1 Å². The number of hydrogen-bond acceptors (Lipinski definition) is 2. The van der Waals surface area contributed by atoms with Crippen LogP contribution in [0.5, 0.6) is 5.75 Å². The number of rotatable bonds is 6. The second-order valence-corrected chi connectivity index (χ2v) is 5.72. The van der Waals surface area contributed by atoms with Gasteiger partial charge in [-0.3, -0.25) is 0 Å². The van der Waals surface area contributed by atoms with Crippen LogP contribution < -0.4 is 10.1 Å². The first-order chi connectivity index (χ1) is 9.76. The average Bonchev–Trinajstić information content (AvgIpc) is 2.50. The molecule has 1 saturated carbocycles. The number of halogens is 1. The van der Waals surface area contributed by atoms with Crippen molar-refractivity contribution in [2.75, 3.05) is 13.7 Å². The van der Waals surface area contributed by atoms with E-state index in [1.165, 1.54) is 45.3 Å². The van der Waals surface area contributed by atoms with E-state index < -0.39 is 0 Å². The Morgan fingerprint density at radius 3 is 2.70 bits per heavy atom. The average molecular weight is 279 g/mol. The molecular formula is C17H26FNO. The molecule has 0 saturated heterocycles. The number of methoxy groups -OCH3 is 1. The quantitative estimate of drug-likeness (QED) is 0.830. The molecule has 2 rings (SSSR count). The first kappa shape index (κ1) is 15.3. The molecule has 3 heteroatoms. The third-order valence-corrected chi connectivity index (χ3v) is 4.27. The van der Waals surface area contributed by atoms with Crippen molar-refractivity contribution in [3.8, 4) is 5.75 Å². The van der Waals surface area contributed by atoms with Crippen LogP contribution in [0.1, 0.15) is 57.1 Å². The maximum Gasteiger partial charge on any atom is 0.165 e. The minimum absolute atomic E-state index is 0.283. The second-order valence-electron chi connectivity index (χ2n) is 5.72. The number of nitrogens with one attached hydrogen (secondary N) is 1. The van der Waals surface area contributed by atoms with Crippen molar-refractivity contribution in [1.29, 1.82) is 0 Å². The van der Waals surface area contributed by atoms with Gasteiger partial charge in [-0.25, -0.2) is 4.39 Å².